The first kappa shape index (κ1) is 24.0. The molecule has 7 nitrogen and oxygen atoms in total. The van der Waals surface area contributed by atoms with Crippen LogP contribution in [0.2, 0.25) is 0 Å². The minimum absolute atomic E-state index is 0.0176. The summed E-state index contributed by atoms with van der Waals surface area (Å²) in [6, 6.07) is 15.8. The summed E-state index contributed by atoms with van der Waals surface area (Å²) in [6.45, 7) is 3.91. The molecule has 174 valence electrons. The van der Waals surface area contributed by atoms with Crippen molar-refractivity contribution in [3.63, 3.8) is 0 Å². The molecule has 1 aliphatic rings. The Labute approximate surface area is 193 Å². The van der Waals surface area contributed by atoms with Crippen LogP contribution in [-0.4, -0.2) is 42.3 Å². The van der Waals surface area contributed by atoms with Gasteiger partial charge in [0, 0.05) is 24.1 Å². The molecule has 0 aromatic heterocycles. The Balaban J connectivity index is 1.50. The van der Waals surface area contributed by atoms with Crippen molar-refractivity contribution in [1.82, 2.24) is 10.6 Å². The molecule has 0 radical (unpaired) electrons. The third-order valence-corrected chi connectivity index (χ3v) is 5.75. The lowest BCUT2D eigenvalue weighted by Crippen LogP contribution is -2.37. The van der Waals surface area contributed by atoms with Gasteiger partial charge in [-0.25, -0.2) is 4.79 Å². The van der Waals surface area contributed by atoms with E-state index in [0.29, 0.717) is 12.0 Å². The predicted molar refractivity (Wildman–Crippen MR) is 126 cm³/mol. The lowest BCUT2D eigenvalue weighted by Gasteiger charge is -2.16. The molecule has 3 rings (SSSR count). The number of ether oxygens (including phenoxy) is 1. The summed E-state index contributed by atoms with van der Waals surface area (Å²) in [5.41, 5.74) is 5.01. The molecule has 0 fully saturated rings. The second-order valence-corrected chi connectivity index (χ2v) is 8.15. The van der Waals surface area contributed by atoms with Gasteiger partial charge in [-0.1, -0.05) is 68.0 Å². The number of carboxylic acids is 1. The lowest BCUT2D eigenvalue weighted by atomic mass is 9.98. The van der Waals surface area contributed by atoms with Gasteiger partial charge in [-0.05, 0) is 35.6 Å². The Kier molecular flexibility index (Phi) is 8.24. The largest absolute Gasteiger partial charge is 0.481 e. The fourth-order valence-corrected chi connectivity index (χ4v) is 4.11. The second kappa shape index (κ2) is 11.3. The smallest absolute Gasteiger partial charge is 0.407 e. The summed E-state index contributed by atoms with van der Waals surface area (Å²) < 4.78 is 5.48. The number of alkyl carbamates (subject to hydrolysis) is 1. The fourth-order valence-electron chi connectivity index (χ4n) is 4.11. The number of hydrogen-bond acceptors (Lipinski definition) is 4. The summed E-state index contributed by atoms with van der Waals surface area (Å²) in [4.78, 5) is 35.5. The number of amides is 2. The van der Waals surface area contributed by atoms with Crippen LogP contribution < -0.4 is 10.6 Å². The minimum Gasteiger partial charge on any atom is -0.481 e. The highest BCUT2D eigenvalue weighted by molar-refractivity contribution is 5.93. The van der Waals surface area contributed by atoms with Gasteiger partial charge in [-0.2, -0.15) is 0 Å². The summed E-state index contributed by atoms with van der Waals surface area (Å²) in [7, 11) is 0. The molecule has 0 heterocycles. The first-order valence-corrected chi connectivity index (χ1v) is 11.2. The fraction of sp³-hybridized carbons (Fsp3) is 0.346. The Morgan fingerprint density at radius 1 is 1.06 bits per heavy atom. The highest BCUT2D eigenvalue weighted by Gasteiger charge is 2.28. The maximum atomic E-state index is 12.3. The lowest BCUT2D eigenvalue weighted by molar-refractivity contribution is -0.137. The normalized spacial score (nSPS) is 13.6. The molecule has 0 aliphatic heterocycles. The Morgan fingerprint density at radius 3 is 2.24 bits per heavy atom. The quantitative estimate of drug-likeness (QED) is 0.470. The second-order valence-electron chi connectivity index (χ2n) is 8.15. The van der Waals surface area contributed by atoms with E-state index in [-0.39, 0.29) is 31.4 Å². The molecule has 0 unspecified atom stereocenters. The maximum absolute atomic E-state index is 12.3. The number of hydrogen-bond donors (Lipinski definition) is 3. The van der Waals surface area contributed by atoms with E-state index >= 15 is 0 Å². The van der Waals surface area contributed by atoms with Crippen LogP contribution in [0.4, 0.5) is 4.79 Å². The van der Waals surface area contributed by atoms with Crippen molar-refractivity contribution in [2.75, 3.05) is 13.2 Å². The van der Waals surface area contributed by atoms with Gasteiger partial charge in [-0.15, -0.1) is 0 Å². The summed E-state index contributed by atoms with van der Waals surface area (Å²) in [6.07, 6.45) is 2.26. The van der Waals surface area contributed by atoms with E-state index < -0.39 is 18.1 Å². The number of carbonyl (C=O) groups is 3. The van der Waals surface area contributed by atoms with Gasteiger partial charge in [0.15, 0.2) is 0 Å². The van der Waals surface area contributed by atoms with Crippen molar-refractivity contribution in [2.45, 2.75) is 45.1 Å². The van der Waals surface area contributed by atoms with E-state index in [2.05, 4.69) is 34.9 Å². The molecular formula is C26H30N2O5. The molecule has 7 heteroatoms. The van der Waals surface area contributed by atoms with Crippen LogP contribution in [0.1, 0.15) is 50.2 Å². The number of benzene rings is 2. The number of fused-ring (bicyclic) bond motifs is 3. The third-order valence-electron chi connectivity index (χ3n) is 5.75. The van der Waals surface area contributed by atoms with Crippen molar-refractivity contribution in [3.05, 3.63) is 71.3 Å². The topological polar surface area (TPSA) is 105 Å². The van der Waals surface area contributed by atoms with E-state index in [4.69, 9.17) is 9.84 Å². The summed E-state index contributed by atoms with van der Waals surface area (Å²) >= 11 is 0. The number of rotatable bonds is 10. The van der Waals surface area contributed by atoms with Gasteiger partial charge in [0.25, 0.3) is 0 Å². The average Bonchev–Trinajstić information content (AvgIpc) is 3.11. The molecule has 1 aliphatic carbocycles. The molecule has 2 aromatic carbocycles. The first-order chi connectivity index (χ1) is 15.9. The van der Waals surface area contributed by atoms with Crippen LogP contribution >= 0.6 is 0 Å². The molecule has 0 spiro atoms. The van der Waals surface area contributed by atoms with Crippen molar-refractivity contribution >= 4 is 18.0 Å². The van der Waals surface area contributed by atoms with E-state index in [1.807, 2.05) is 31.2 Å². The highest BCUT2D eigenvalue weighted by Crippen LogP contribution is 2.44. The molecule has 3 N–H and O–H groups in total. The SMILES string of the molecule is CCC[C@H](CC(=O)O)NC(=O)/C(C)=C/CNC(=O)OCC1c2ccccc2-c2ccccc21. The number of nitrogens with one attached hydrogen (secondary N) is 2. The Morgan fingerprint density at radius 2 is 1.67 bits per heavy atom. The number of carbonyl (C=O) groups excluding carboxylic acids is 2. The maximum Gasteiger partial charge on any atom is 0.407 e. The van der Waals surface area contributed by atoms with Gasteiger partial charge in [0.1, 0.15) is 6.61 Å². The Hall–Kier alpha value is -3.61. The molecular weight excluding hydrogens is 420 g/mol. The van der Waals surface area contributed by atoms with E-state index in [1.165, 1.54) is 0 Å². The molecule has 1 atom stereocenters. The van der Waals surface area contributed by atoms with Gasteiger partial charge in [-0.3, -0.25) is 9.59 Å². The van der Waals surface area contributed by atoms with Crippen molar-refractivity contribution in [1.29, 1.82) is 0 Å². The zero-order chi connectivity index (χ0) is 23.8. The van der Waals surface area contributed by atoms with Crippen molar-refractivity contribution in [2.24, 2.45) is 0 Å². The molecule has 0 bridgehead atoms. The van der Waals surface area contributed by atoms with Crippen molar-refractivity contribution < 1.29 is 24.2 Å². The predicted octanol–water partition coefficient (Wildman–Crippen LogP) is 4.23. The molecule has 2 aromatic rings. The van der Waals surface area contributed by atoms with Crippen LogP contribution in [0.15, 0.2) is 60.2 Å². The first-order valence-electron chi connectivity index (χ1n) is 11.2. The number of aliphatic carboxylic acids is 1. The van der Waals surface area contributed by atoms with Gasteiger partial charge in [0.2, 0.25) is 5.91 Å². The molecule has 0 saturated heterocycles. The zero-order valence-corrected chi connectivity index (χ0v) is 19.0. The molecule has 33 heavy (non-hydrogen) atoms. The zero-order valence-electron chi connectivity index (χ0n) is 19.0. The standard InChI is InChI=1S/C26H30N2O5/c1-3-8-18(15-24(29)30)28-25(31)17(2)13-14-27-26(32)33-16-23-21-11-6-4-9-19(21)20-10-5-7-12-22(20)23/h4-7,9-13,18,23H,3,8,14-16H2,1-2H3,(H,27,32)(H,28,31)(H,29,30)/b17-13+/t18-/m1/s1. The van der Waals surface area contributed by atoms with Crippen LogP contribution in [0, 0.1) is 0 Å². The third kappa shape index (κ3) is 6.22. The van der Waals surface area contributed by atoms with Gasteiger partial charge >= 0.3 is 12.1 Å². The molecule has 0 saturated carbocycles. The summed E-state index contributed by atoms with van der Waals surface area (Å²) in [5, 5.41) is 14.4. The van der Waals surface area contributed by atoms with Gasteiger partial charge in [0.05, 0.1) is 6.42 Å². The highest BCUT2D eigenvalue weighted by atomic mass is 16.5. The van der Waals surface area contributed by atoms with Crippen LogP contribution in [0.3, 0.4) is 0 Å². The average molecular weight is 451 g/mol. The monoisotopic (exact) mass is 450 g/mol. The van der Waals surface area contributed by atoms with E-state index in [0.717, 1.165) is 28.7 Å². The van der Waals surface area contributed by atoms with Crippen molar-refractivity contribution in [3.8, 4) is 11.1 Å². The minimum atomic E-state index is -0.952. The number of carboxylic acid groups (broad SMARTS) is 1. The van der Waals surface area contributed by atoms with E-state index in [1.54, 1.807) is 13.0 Å². The van der Waals surface area contributed by atoms with E-state index in [9.17, 15) is 14.4 Å². The molecule has 2 amide bonds. The van der Waals surface area contributed by atoms with Gasteiger partial charge < -0.3 is 20.5 Å². The Bertz CT molecular complexity index is 1000. The van der Waals surface area contributed by atoms with Crippen LogP contribution in [-0.2, 0) is 14.3 Å². The summed E-state index contributed by atoms with van der Waals surface area (Å²) in [5.74, 6) is -1.31. The van der Waals surface area contributed by atoms with Crippen LogP contribution in [0.5, 0.6) is 0 Å². The van der Waals surface area contributed by atoms with Crippen LogP contribution in [0.25, 0.3) is 11.1 Å².